The Labute approximate surface area is 195 Å². The van der Waals surface area contributed by atoms with Gasteiger partial charge in [0.1, 0.15) is 0 Å². The van der Waals surface area contributed by atoms with Crippen LogP contribution in [0.2, 0.25) is 0 Å². The van der Waals surface area contributed by atoms with Crippen LogP contribution < -0.4 is 5.11 Å². The summed E-state index contributed by atoms with van der Waals surface area (Å²) >= 11 is 0. The Morgan fingerprint density at radius 3 is 1.36 bits per heavy atom. The molecule has 0 bridgehead atoms. The molecule has 0 saturated heterocycles. The Bertz CT molecular complexity index is 766. The predicted molar refractivity (Wildman–Crippen MR) is 124 cm³/mol. The molecule has 0 saturated carbocycles. The van der Waals surface area contributed by atoms with Gasteiger partial charge in [-0.1, -0.05) is 36.9 Å². The van der Waals surface area contributed by atoms with E-state index < -0.39 is 17.9 Å². The second-order valence-electron chi connectivity index (χ2n) is 7.06. The van der Waals surface area contributed by atoms with Gasteiger partial charge in [-0.3, -0.25) is 0 Å². The lowest BCUT2D eigenvalue weighted by Gasteiger charge is -2.05. The normalized spacial score (nSPS) is 10.2. The van der Waals surface area contributed by atoms with Crippen LogP contribution in [0, 0.1) is 0 Å². The van der Waals surface area contributed by atoms with E-state index in [1.807, 2.05) is 44.2 Å². The lowest BCUT2D eigenvalue weighted by atomic mass is 10.2. The van der Waals surface area contributed by atoms with E-state index in [0.717, 1.165) is 23.8 Å². The molecule has 33 heavy (non-hydrogen) atoms. The van der Waals surface area contributed by atoms with Gasteiger partial charge in [0.05, 0.1) is 24.3 Å². The van der Waals surface area contributed by atoms with Crippen LogP contribution in [0.5, 0.6) is 0 Å². The molecule has 0 heterocycles. The minimum Gasteiger partial charge on any atom is -0.545 e. The highest BCUT2D eigenvalue weighted by molar-refractivity contribution is 5.91. The number of carboxylic acids is 1. The molecule has 0 N–H and O–H groups in total. The van der Waals surface area contributed by atoms with E-state index in [9.17, 15) is 14.4 Å². The number of rotatable bonds is 8. The zero-order valence-corrected chi connectivity index (χ0v) is 20.0. The first-order valence-corrected chi connectivity index (χ1v) is 10.2. The van der Waals surface area contributed by atoms with Gasteiger partial charge in [-0.25, -0.2) is 14.4 Å². The minimum atomic E-state index is -1.23. The Morgan fingerprint density at radius 2 is 1.06 bits per heavy atom. The summed E-state index contributed by atoms with van der Waals surface area (Å²) < 4.78 is 14.5. The van der Waals surface area contributed by atoms with Crippen molar-refractivity contribution in [3.05, 3.63) is 66.8 Å². The third kappa shape index (κ3) is 24.5. The van der Waals surface area contributed by atoms with E-state index in [1.54, 1.807) is 33.8 Å². The molecule has 0 atom stereocenters. The molecule has 182 valence electrons. The Balaban J connectivity index is 0. The largest absolute Gasteiger partial charge is 0.545 e. The van der Waals surface area contributed by atoms with Crippen molar-refractivity contribution in [2.24, 2.45) is 0 Å². The molecule has 0 spiro atoms. The highest BCUT2D eigenvalue weighted by atomic mass is 16.5. The van der Waals surface area contributed by atoms with Crippen LogP contribution in [0.3, 0.4) is 0 Å². The number of aliphatic carboxylic acids is 1. The number of esters is 3. The van der Waals surface area contributed by atoms with Crippen LogP contribution in [0.15, 0.2) is 61.2 Å². The highest BCUT2D eigenvalue weighted by Crippen LogP contribution is 2.01. The molecule has 0 unspecified atom stereocenters. The Kier molecular flexibility index (Phi) is 18.2. The van der Waals surface area contributed by atoms with Gasteiger partial charge in [-0.2, -0.15) is 0 Å². The van der Waals surface area contributed by atoms with E-state index >= 15 is 0 Å². The van der Waals surface area contributed by atoms with Crippen molar-refractivity contribution in [1.82, 2.24) is 0 Å². The monoisotopic (exact) mass is 461 g/mol. The van der Waals surface area contributed by atoms with E-state index in [2.05, 4.69) is 6.58 Å². The fraction of sp³-hybridized carbons (Fsp3) is 0.360. The summed E-state index contributed by atoms with van der Waals surface area (Å²) in [6.07, 6.45) is 5.58. The molecule has 0 aromatic heterocycles. The molecule has 1 aromatic carbocycles. The fourth-order valence-corrected chi connectivity index (χ4v) is 1.68. The van der Waals surface area contributed by atoms with Gasteiger partial charge in [0.15, 0.2) is 0 Å². The smallest absolute Gasteiger partial charge is 0.331 e. The molecule has 0 aliphatic carbocycles. The number of hydrogen-bond acceptors (Lipinski definition) is 8. The van der Waals surface area contributed by atoms with Crippen molar-refractivity contribution < 1.29 is 38.5 Å². The highest BCUT2D eigenvalue weighted by Gasteiger charge is 2.04. The first-order chi connectivity index (χ1) is 15.4. The molecule has 0 amide bonds. The van der Waals surface area contributed by atoms with Gasteiger partial charge in [-0.05, 0) is 59.3 Å². The average molecular weight is 462 g/mol. The standard InChI is InChI=1S/C12H14O2.C10H16O4.C3H4O2/c1-10(2)14-12(13)9-8-11-6-4-3-5-7-11;1-7(2)13-9(11)5-6-10(12)14-8(3)4;1-2-3(4)5/h3-10H,1-2H3;5-8H,1-4H3;2H,1H2,(H,4,5)/p-1/b;6-5+;. The van der Waals surface area contributed by atoms with E-state index in [4.69, 9.17) is 24.1 Å². The Hall–Kier alpha value is -3.68. The summed E-state index contributed by atoms with van der Waals surface area (Å²) in [7, 11) is 0. The summed E-state index contributed by atoms with van der Waals surface area (Å²) in [5.41, 5.74) is 0.994. The summed E-state index contributed by atoms with van der Waals surface area (Å²) in [4.78, 5) is 42.1. The van der Waals surface area contributed by atoms with Gasteiger partial charge in [0.25, 0.3) is 0 Å². The molecule has 0 radical (unpaired) electrons. The lowest BCUT2D eigenvalue weighted by Crippen LogP contribution is -2.17. The van der Waals surface area contributed by atoms with Crippen LogP contribution >= 0.6 is 0 Å². The van der Waals surface area contributed by atoms with Crippen molar-refractivity contribution in [3.63, 3.8) is 0 Å². The maximum Gasteiger partial charge on any atom is 0.331 e. The van der Waals surface area contributed by atoms with Crippen LogP contribution in [0.25, 0.3) is 6.08 Å². The maximum atomic E-state index is 11.1. The molecule has 1 rings (SSSR count). The topological polar surface area (TPSA) is 119 Å². The van der Waals surface area contributed by atoms with Crippen molar-refractivity contribution in [3.8, 4) is 0 Å². The van der Waals surface area contributed by atoms with E-state index in [-0.39, 0.29) is 24.3 Å². The average Bonchev–Trinajstić information content (AvgIpc) is 2.71. The third-order valence-corrected chi connectivity index (χ3v) is 2.79. The quantitative estimate of drug-likeness (QED) is 0.329. The number of ether oxygens (including phenoxy) is 3. The summed E-state index contributed by atoms with van der Waals surface area (Å²) in [5, 5.41) is 9.14. The zero-order valence-electron chi connectivity index (χ0n) is 20.0. The van der Waals surface area contributed by atoms with Gasteiger partial charge < -0.3 is 24.1 Å². The molecule has 0 aliphatic heterocycles. The van der Waals surface area contributed by atoms with Gasteiger partial charge >= 0.3 is 17.9 Å². The maximum absolute atomic E-state index is 11.1. The van der Waals surface area contributed by atoms with Crippen LogP contribution in [-0.4, -0.2) is 42.2 Å². The first-order valence-electron chi connectivity index (χ1n) is 10.2. The van der Waals surface area contributed by atoms with Crippen LogP contribution in [0.1, 0.15) is 47.1 Å². The molecule has 8 nitrogen and oxygen atoms in total. The molecule has 0 fully saturated rings. The van der Waals surface area contributed by atoms with E-state index in [1.165, 1.54) is 6.08 Å². The molecule has 8 heteroatoms. The number of benzene rings is 1. The van der Waals surface area contributed by atoms with Gasteiger partial charge in [0, 0.05) is 18.2 Å². The number of hydrogen-bond donors (Lipinski definition) is 0. The van der Waals surface area contributed by atoms with Crippen molar-refractivity contribution in [2.45, 2.75) is 59.9 Å². The van der Waals surface area contributed by atoms with E-state index in [0.29, 0.717) is 0 Å². The second kappa shape index (κ2) is 19.0. The predicted octanol–water partition coefficient (Wildman–Crippen LogP) is 3.02. The van der Waals surface area contributed by atoms with Crippen LogP contribution in [-0.2, 0) is 33.4 Å². The third-order valence-electron chi connectivity index (χ3n) is 2.79. The van der Waals surface area contributed by atoms with Crippen LogP contribution in [0.4, 0.5) is 0 Å². The fourth-order valence-electron chi connectivity index (χ4n) is 1.68. The van der Waals surface area contributed by atoms with Crippen molar-refractivity contribution >= 4 is 30.0 Å². The number of carboxylic acid groups (broad SMARTS) is 1. The van der Waals surface area contributed by atoms with Crippen molar-refractivity contribution in [1.29, 1.82) is 0 Å². The summed E-state index contributed by atoms with van der Waals surface area (Å²) in [5.74, 6) is -2.62. The molecular formula is C25H33O8-. The lowest BCUT2D eigenvalue weighted by molar-refractivity contribution is -0.297. The molecular weight excluding hydrogens is 428 g/mol. The Morgan fingerprint density at radius 1 is 0.727 bits per heavy atom. The number of carbonyl (C=O) groups excluding carboxylic acids is 4. The first kappa shape index (κ1) is 31.5. The summed E-state index contributed by atoms with van der Waals surface area (Å²) in [6, 6.07) is 9.64. The van der Waals surface area contributed by atoms with Crippen molar-refractivity contribution in [2.75, 3.05) is 0 Å². The zero-order chi connectivity index (χ0) is 25.8. The van der Waals surface area contributed by atoms with Gasteiger partial charge in [-0.15, -0.1) is 0 Å². The molecule has 1 aromatic rings. The number of carbonyl (C=O) groups is 4. The van der Waals surface area contributed by atoms with Gasteiger partial charge in [0.2, 0.25) is 0 Å². The SMILES string of the molecule is C=CC(=O)[O-].CC(C)OC(=O)/C=C/C(=O)OC(C)C.CC(C)OC(=O)C=Cc1ccccc1. The second-order valence-corrected chi connectivity index (χ2v) is 7.06. The minimum absolute atomic E-state index is 0.0667. The molecule has 0 aliphatic rings. The summed E-state index contributed by atoms with van der Waals surface area (Å²) in [6.45, 7) is 13.5.